The predicted octanol–water partition coefficient (Wildman–Crippen LogP) is 0.451. The van der Waals surface area contributed by atoms with Crippen LogP contribution in [0.1, 0.15) is 27.0 Å². The van der Waals surface area contributed by atoms with Gasteiger partial charge >= 0.3 is 0 Å². The van der Waals surface area contributed by atoms with Crippen LogP contribution in [0, 0.1) is 0 Å². The largest absolute Gasteiger partial charge is 0.356 e. The molecule has 0 bridgehead atoms. The molecule has 1 aromatic carbocycles. The molecule has 1 fully saturated rings. The van der Waals surface area contributed by atoms with Gasteiger partial charge in [-0.1, -0.05) is 11.3 Å². The number of amides is 2. The monoisotopic (exact) mass is 439 g/mol. The smallest absolute Gasteiger partial charge is 0.267 e. The molecule has 29 heavy (non-hydrogen) atoms. The number of ether oxygens (including phenoxy) is 1. The lowest BCUT2D eigenvalue weighted by atomic mass is 10.2. The number of carbonyl (C=O) groups is 2. The van der Waals surface area contributed by atoms with Gasteiger partial charge in [-0.2, -0.15) is 0 Å². The van der Waals surface area contributed by atoms with Crippen molar-refractivity contribution in [2.24, 2.45) is 5.14 Å². The van der Waals surface area contributed by atoms with E-state index in [1.165, 1.54) is 30.5 Å². The second-order valence-corrected chi connectivity index (χ2v) is 8.77. The van der Waals surface area contributed by atoms with E-state index in [1.807, 2.05) is 6.92 Å². The van der Waals surface area contributed by atoms with E-state index in [1.54, 1.807) is 4.90 Å². The summed E-state index contributed by atoms with van der Waals surface area (Å²) in [4.78, 5) is 31.1. The van der Waals surface area contributed by atoms with E-state index in [-0.39, 0.29) is 27.7 Å². The summed E-state index contributed by atoms with van der Waals surface area (Å²) in [6.07, 6.45) is 1.06. The maximum absolute atomic E-state index is 12.8. The van der Waals surface area contributed by atoms with Crippen molar-refractivity contribution in [1.82, 2.24) is 15.2 Å². The van der Waals surface area contributed by atoms with Gasteiger partial charge in [-0.15, -0.1) is 0 Å². The lowest BCUT2D eigenvalue weighted by molar-refractivity contribution is -0.0586. The molecule has 1 unspecified atom stereocenters. The van der Waals surface area contributed by atoms with Crippen LogP contribution in [0.5, 0.6) is 0 Å². The van der Waals surface area contributed by atoms with Gasteiger partial charge in [0.05, 0.1) is 17.7 Å². The summed E-state index contributed by atoms with van der Waals surface area (Å²) in [6.45, 7) is 4.17. The second-order valence-electron chi connectivity index (χ2n) is 6.17. The van der Waals surface area contributed by atoms with Crippen LogP contribution in [0.15, 0.2) is 35.4 Å². The van der Waals surface area contributed by atoms with E-state index < -0.39 is 15.9 Å². The lowest BCUT2D eigenvalue weighted by Gasteiger charge is -2.33. The van der Waals surface area contributed by atoms with Gasteiger partial charge in [-0.3, -0.25) is 14.9 Å². The molecule has 0 saturated carbocycles. The molecule has 0 aliphatic carbocycles. The Bertz CT molecular complexity index is 984. The fourth-order valence-electron chi connectivity index (χ4n) is 2.77. The zero-order valence-corrected chi connectivity index (χ0v) is 17.3. The summed E-state index contributed by atoms with van der Waals surface area (Å²) < 4.78 is 28.2. The molecule has 1 aromatic heterocycles. The number of sulfonamides is 1. The van der Waals surface area contributed by atoms with Gasteiger partial charge in [0, 0.05) is 25.2 Å². The number of primary sulfonamides is 1. The van der Waals surface area contributed by atoms with Crippen LogP contribution < -0.4 is 15.8 Å². The first-order chi connectivity index (χ1) is 13.8. The Morgan fingerprint density at radius 2 is 2.10 bits per heavy atom. The molecule has 0 radical (unpaired) electrons. The molecule has 1 saturated heterocycles. The molecule has 1 aliphatic heterocycles. The molecule has 1 aliphatic rings. The van der Waals surface area contributed by atoms with Crippen molar-refractivity contribution in [2.45, 2.75) is 18.0 Å². The number of rotatable bonds is 6. The fraction of sp³-hybridized carbons (Fsp3) is 0.353. The molecule has 2 amide bonds. The Morgan fingerprint density at radius 3 is 2.69 bits per heavy atom. The molecular formula is C17H21N5O5S2. The molecule has 1 atom stereocenters. The minimum absolute atomic E-state index is 0.0877. The number of anilines is 1. The summed E-state index contributed by atoms with van der Waals surface area (Å²) in [5.74, 6) is -0.705. The topological polar surface area (TPSA) is 144 Å². The van der Waals surface area contributed by atoms with Crippen molar-refractivity contribution in [2.75, 3.05) is 31.6 Å². The highest BCUT2D eigenvalue weighted by atomic mass is 32.2. The first kappa shape index (κ1) is 21.3. The highest BCUT2D eigenvalue weighted by molar-refractivity contribution is 7.89. The number of carbonyl (C=O) groups excluding carboxylic acids is 2. The van der Waals surface area contributed by atoms with Crippen LogP contribution >= 0.6 is 11.3 Å². The van der Waals surface area contributed by atoms with Gasteiger partial charge in [0.15, 0.2) is 5.13 Å². The number of benzene rings is 1. The molecular weight excluding hydrogens is 418 g/mol. The van der Waals surface area contributed by atoms with Crippen LogP contribution in [0.2, 0.25) is 0 Å². The Hall–Kier alpha value is -2.38. The first-order valence-corrected chi connectivity index (χ1v) is 11.2. The second kappa shape index (κ2) is 8.97. The van der Waals surface area contributed by atoms with Gasteiger partial charge in [0.2, 0.25) is 10.0 Å². The summed E-state index contributed by atoms with van der Waals surface area (Å²) in [5, 5.41) is 11.1. The highest BCUT2D eigenvalue weighted by Gasteiger charge is 2.27. The molecule has 156 valence electrons. The van der Waals surface area contributed by atoms with Crippen molar-refractivity contribution in [1.29, 1.82) is 0 Å². The highest BCUT2D eigenvalue weighted by Crippen LogP contribution is 2.22. The number of nitrogens with one attached hydrogen (secondary N) is 2. The maximum Gasteiger partial charge on any atom is 0.267 e. The average molecular weight is 440 g/mol. The van der Waals surface area contributed by atoms with Crippen LogP contribution in [-0.2, 0) is 14.8 Å². The molecule has 10 nitrogen and oxygen atoms in total. The van der Waals surface area contributed by atoms with E-state index in [2.05, 4.69) is 15.6 Å². The summed E-state index contributed by atoms with van der Waals surface area (Å²) in [7, 11) is -3.83. The minimum Gasteiger partial charge on any atom is -0.356 e. The molecule has 2 aromatic rings. The van der Waals surface area contributed by atoms with E-state index in [9.17, 15) is 18.0 Å². The third kappa shape index (κ3) is 5.16. The van der Waals surface area contributed by atoms with Crippen molar-refractivity contribution in [3.8, 4) is 0 Å². The van der Waals surface area contributed by atoms with Crippen LogP contribution in [0.4, 0.5) is 5.13 Å². The number of likely N-dealkylation sites (N-methyl/N-ethyl adjacent to an activating group) is 1. The van der Waals surface area contributed by atoms with Crippen molar-refractivity contribution >= 4 is 38.3 Å². The fourth-order valence-corrected chi connectivity index (χ4v) is 4.05. The van der Waals surface area contributed by atoms with Crippen LogP contribution in [0.25, 0.3) is 0 Å². The molecule has 0 spiro atoms. The predicted molar refractivity (Wildman–Crippen MR) is 107 cm³/mol. The van der Waals surface area contributed by atoms with Crippen molar-refractivity contribution < 1.29 is 22.7 Å². The number of aromatic nitrogens is 1. The Balaban J connectivity index is 1.67. The van der Waals surface area contributed by atoms with Crippen molar-refractivity contribution in [3.05, 3.63) is 40.9 Å². The Morgan fingerprint density at radius 1 is 1.38 bits per heavy atom. The van der Waals surface area contributed by atoms with Gasteiger partial charge in [-0.25, -0.2) is 18.5 Å². The number of hydrogen-bond donors (Lipinski definition) is 3. The zero-order chi connectivity index (χ0) is 21.0. The number of hydrogen-bond acceptors (Lipinski definition) is 8. The number of morpholine rings is 1. The van der Waals surface area contributed by atoms with E-state index in [4.69, 9.17) is 9.88 Å². The maximum atomic E-state index is 12.8. The molecule has 12 heteroatoms. The van der Waals surface area contributed by atoms with E-state index in [0.717, 1.165) is 17.9 Å². The normalized spacial score (nSPS) is 17.0. The van der Waals surface area contributed by atoms with Crippen LogP contribution in [-0.4, -0.2) is 62.6 Å². The third-order valence-corrected chi connectivity index (χ3v) is 6.07. The third-order valence-electron chi connectivity index (χ3n) is 4.24. The number of nitrogens with zero attached hydrogens (tertiary/aromatic N) is 2. The average Bonchev–Trinajstić information content (AvgIpc) is 3.17. The molecule has 3 rings (SSSR count). The molecule has 4 N–H and O–H groups in total. The SMILES string of the molecule is CCN(C(=O)c1cnc(NC(=O)c2ccc(S(N)(=O)=O)cc2)s1)C1CNCCO1. The van der Waals surface area contributed by atoms with E-state index >= 15 is 0 Å². The Kier molecular flexibility index (Phi) is 6.59. The lowest BCUT2D eigenvalue weighted by Crippen LogP contribution is -2.51. The van der Waals surface area contributed by atoms with Gasteiger partial charge in [-0.05, 0) is 31.2 Å². The summed E-state index contributed by atoms with van der Waals surface area (Å²) in [6, 6.07) is 5.19. The number of thiazole rings is 1. The van der Waals surface area contributed by atoms with Crippen LogP contribution in [0.3, 0.4) is 0 Å². The quantitative estimate of drug-likeness (QED) is 0.593. The summed E-state index contributed by atoms with van der Waals surface area (Å²) >= 11 is 1.05. The summed E-state index contributed by atoms with van der Waals surface area (Å²) in [5.41, 5.74) is 0.234. The Labute approximate surface area is 172 Å². The van der Waals surface area contributed by atoms with Gasteiger partial charge in [0.1, 0.15) is 11.1 Å². The van der Waals surface area contributed by atoms with Crippen molar-refractivity contribution in [3.63, 3.8) is 0 Å². The van der Waals surface area contributed by atoms with Gasteiger partial charge < -0.3 is 15.0 Å². The minimum atomic E-state index is -3.83. The van der Waals surface area contributed by atoms with E-state index in [0.29, 0.717) is 24.6 Å². The number of nitrogens with two attached hydrogens (primary N) is 1. The van der Waals surface area contributed by atoms with Gasteiger partial charge in [0.25, 0.3) is 11.8 Å². The zero-order valence-electron chi connectivity index (χ0n) is 15.6. The standard InChI is InChI=1S/C17H21N5O5S2/c1-2-22(14-10-19-7-8-27-14)16(24)13-9-20-17(28-13)21-15(23)11-3-5-12(6-4-11)29(18,25)26/h3-6,9,14,19H,2,7-8,10H2,1H3,(H2,18,25,26)(H,20,21,23). The molecule has 2 heterocycles. The first-order valence-electron chi connectivity index (χ1n) is 8.83.